The predicted octanol–water partition coefficient (Wildman–Crippen LogP) is 0.780. The summed E-state index contributed by atoms with van der Waals surface area (Å²) in [6.45, 7) is 2.79. The number of sulfone groups is 1. The number of aromatic nitrogens is 2. The Morgan fingerprint density at radius 3 is 2.59 bits per heavy atom. The second-order valence-corrected chi connectivity index (χ2v) is 8.32. The summed E-state index contributed by atoms with van der Waals surface area (Å²) < 4.78 is 37.1. The largest absolute Gasteiger partial charge is 0.353 e. The number of hydrogen-bond donors (Lipinski definition) is 1. The van der Waals surface area contributed by atoms with Gasteiger partial charge in [-0.2, -0.15) is 5.10 Å². The highest BCUT2D eigenvalue weighted by Gasteiger charge is 2.21. The fraction of sp³-hybridized carbons (Fsp3) is 0.353. The summed E-state index contributed by atoms with van der Waals surface area (Å²) in [5.74, 6) is -0.281. The molecule has 0 bridgehead atoms. The van der Waals surface area contributed by atoms with Crippen molar-refractivity contribution in [1.29, 1.82) is 0 Å². The molecule has 0 saturated carbocycles. The first-order valence-corrected chi connectivity index (χ1v) is 10.3. The zero-order chi connectivity index (χ0) is 19.4. The van der Waals surface area contributed by atoms with Crippen LogP contribution in [-0.2, 0) is 14.6 Å². The zero-order valence-corrected chi connectivity index (χ0v) is 15.6. The van der Waals surface area contributed by atoms with E-state index in [0.29, 0.717) is 26.2 Å². The lowest BCUT2D eigenvalue weighted by Gasteiger charge is -2.34. The van der Waals surface area contributed by atoms with Gasteiger partial charge in [0.15, 0.2) is 15.7 Å². The van der Waals surface area contributed by atoms with Crippen LogP contribution in [0, 0.1) is 5.82 Å². The highest BCUT2D eigenvalue weighted by atomic mass is 32.2. The van der Waals surface area contributed by atoms with E-state index < -0.39 is 21.6 Å². The minimum atomic E-state index is -3.48. The highest BCUT2D eigenvalue weighted by molar-refractivity contribution is 7.90. The molecule has 0 aliphatic carbocycles. The number of nitrogens with zero attached hydrogens (tertiary/aromatic N) is 4. The van der Waals surface area contributed by atoms with E-state index in [1.807, 2.05) is 17.0 Å². The normalized spacial score (nSPS) is 15.6. The molecule has 1 fully saturated rings. The molecule has 0 atom stereocenters. The third-order valence-electron chi connectivity index (χ3n) is 4.26. The molecule has 2 heterocycles. The van der Waals surface area contributed by atoms with Crippen molar-refractivity contribution in [1.82, 2.24) is 15.1 Å². The number of carbonyl (C=O) groups is 1. The number of nitrogens with one attached hydrogen (secondary N) is 1. The minimum absolute atomic E-state index is 0.0446. The van der Waals surface area contributed by atoms with Crippen molar-refractivity contribution in [3.63, 3.8) is 0 Å². The molecule has 1 aromatic carbocycles. The van der Waals surface area contributed by atoms with E-state index in [4.69, 9.17) is 0 Å². The Kier molecular flexibility index (Phi) is 5.66. The summed E-state index contributed by atoms with van der Waals surface area (Å²) in [5, 5.41) is 10.4. The Morgan fingerprint density at radius 2 is 1.96 bits per heavy atom. The van der Waals surface area contributed by atoms with Gasteiger partial charge in [-0.25, -0.2) is 12.8 Å². The number of hydrogen-bond acceptors (Lipinski definition) is 7. The number of carbonyl (C=O) groups excluding carboxylic acids is 1. The van der Waals surface area contributed by atoms with Crippen LogP contribution in [0.3, 0.4) is 0 Å². The van der Waals surface area contributed by atoms with Crippen LogP contribution in [0.15, 0.2) is 41.4 Å². The molecule has 1 aliphatic heterocycles. The Balaban J connectivity index is 1.56. The van der Waals surface area contributed by atoms with Crippen LogP contribution < -0.4 is 10.2 Å². The Bertz CT molecular complexity index is 915. The van der Waals surface area contributed by atoms with Crippen LogP contribution in [0.1, 0.15) is 0 Å². The van der Waals surface area contributed by atoms with Crippen LogP contribution in [0.2, 0.25) is 0 Å². The number of piperazine rings is 1. The lowest BCUT2D eigenvalue weighted by atomic mass is 10.3. The molecule has 3 rings (SSSR count). The molecule has 10 heteroatoms. The van der Waals surface area contributed by atoms with Crippen LogP contribution in [0.25, 0.3) is 0 Å². The summed E-state index contributed by atoms with van der Waals surface area (Å²) >= 11 is 0. The standard InChI is InChI=1S/C17H20FN5O3S/c1-27(25,26)13-4-5-14(18)15(11-13)20-17(24)12-22-7-9-23(10-8-22)16-3-2-6-19-21-16/h2-6,11H,7-10,12H2,1H3,(H,20,24). The lowest BCUT2D eigenvalue weighted by Crippen LogP contribution is -2.49. The van der Waals surface area contributed by atoms with E-state index in [2.05, 4.69) is 20.4 Å². The molecule has 144 valence electrons. The SMILES string of the molecule is CS(=O)(=O)c1ccc(F)c(NC(=O)CN2CCN(c3cccnn3)CC2)c1. The summed E-state index contributed by atoms with van der Waals surface area (Å²) in [7, 11) is -3.48. The molecule has 1 saturated heterocycles. The second-order valence-electron chi connectivity index (χ2n) is 6.31. The van der Waals surface area contributed by atoms with Gasteiger partial charge in [-0.1, -0.05) is 0 Å². The zero-order valence-electron chi connectivity index (χ0n) is 14.8. The van der Waals surface area contributed by atoms with E-state index in [1.165, 1.54) is 6.07 Å². The number of amides is 1. The van der Waals surface area contributed by atoms with Gasteiger partial charge in [-0.05, 0) is 30.3 Å². The van der Waals surface area contributed by atoms with E-state index in [0.717, 1.165) is 24.2 Å². The molecule has 27 heavy (non-hydrogen) atoms. The van der Waals surface area contributed by atoms with Gasteiger partial charge in [-0.15, -0.1) is 5.10 Å². The van der Waals surface area contributed by atoms with Crippen molar-refractivity contribution < 1.29 is 17.6 Å². The van der Waals surface area contributed by atoms with Gasteiger partial charge >= 0.3 is 0 Å². The van der Waals surface area contributed by atoms with Gasteiger partial charge in [0.2, 0.25) is 5.91 Å². The van der Waals surface area contributed by atoms with Crippen molar-refractivity contribution in [2.24, 2.45) is 0 Å². The van der Waals surface area contributed by atoms with E-state index in [9.17, 15) is 17.6 Å². The second kappa shape index (κ2) is 7.97. The highest BCUT2D eigenvalue weighted by Crippen LogP contribution is 2.20. The quantitative estimate of drug-likeness (QED) is 0.750. The number of anilines is 2. The fourth-order valence-electron chi connectivity index (χ4n) is 2.82. The first-order valence-electron chi connectivity index (χ1n) is 8.37. The molecule has 0 spiro atoms. The molecule has 1 amide bonds. The first-order chi connectivity index (χ1) is 12.8. The van der Waals surface area contributed by atoms with Crippen molar-refractivity contribution in [2.45, 2.75) is 4.90 Å². The maximum atomic E-state index is 13.9. The van der Waals surface area contributed by atoms with Gasteiger partial charge in [0.1, 0.15) is 5.82 Å². The predicted molar refractivity (Wildman–Crippen MR) is 98.8 cm³/mol. The monoisotopic (exact) mass is 393 g/mol. The summed E-state index contributed by atoms with van der Waals surface area (Å²) in [6, 6.07) is 7.04. The van der Waals surface area contributed by atoms with Crippen molar-refractivity contribution in [3.05, 3.63) is 42.3 Å². The molecular formula is C17H20FN5O3S. The summed E-state index contributed by atoms with van der Waals surface area (Å²) in [4.78, 5) is 16.2. The average molecular weight is 393 g/mol. The van der Waals surface area contributed by atoms with Gasteiger partial charge in [-0.3, -0.25) is 9.69 Å². The average Bonchev–Trinajstić information content (AvgIpc) is 2.64. The van der Waals surface area contributed by atoms with Gasteiger partial charge < -0.3 is 10.2 Å². The third kappa shape index (κ3) is 4.98. The fourth-order valence-corrected chi connectivity index (χ4v) is 3.47. The van der Waals surface area contributed by atoms with Crippen LogP contribution in [-0.4, -0.2) is 68.4 Å². The minimum Gasteiger partial charge on any atom is -0.353 e. The van der Waals surface area contributed by atoms with Crippen LogP contribution >= 0.6 is 0 Å². The Labute approximate surface area is 156 Å². The van der Waals surface area contributed by atoms with Crippen molar-refractivity contribution in [2.75, 3.05) is 49.2 Å². The van der Waals surface area contributed by atoms with Crippen LogP contribution in [0.4, 0.5) is 15.9 Å². The Morgan fingerprint density at radius 1 is 1.22 bits per heavy atom. The number of rotatable bonds is 5. The van der Waals surface area contributed by atoms with Gasteiger partial charge in [0, 0.05) is 38.6 Å². The summed E-state index contributed by atoms with van der Waals surface area (Å²) in [5.41, 5.74) is -0.138. The third-order valence-corrected chi connectivity index (χ3v) is 5.37. The topological polar surface area (TPSA) is 95.5 Å². The van der Waals surface area contributed by atoms with E-state index >= 15 is 0 Å². The molecule has 0 radical (unpaired) electrons. The summed E-state index contributed by atoms with van der Waals surface area (Å²) in [6.07, 6.45) is 2.64. The van der Waals surface area contributed by atoms with Crippen LogP contribution in [0.5, 0.6) is 0 Å². The van der Waals surface area contributed by atoms with Crippen molar-refractivity contribution in [3.8, 4) is 0 Å². The molecule has 8 nitrogen and oxygen atoms in total. The maximum absolute atomic E-state index is 13.9. The van der Waals surface area contributed by atoms with Crippen molar-refractivity contribution >= 4 is 27.2 Å². The lowest BCUT2D eigenvalue weighted by molar-refractivity contribution is -0.117. The molecule has 1 aliphatic rings. The number of benzene rings is 1. The van der Waals surface area contributed by atoms with E-state index in [1.54, 1.807) is 6.20 Å². The molecule has 0 unspecified atom stereocenters. The maximum Gasteiger partial charge on any atom is 0.238 e. The molecule has 1 aromatic heterocycles. The molecular weight excluding hydrogens is 373 g/mol. The van der Waals surface area contributed by atoms with Gasteiger partial charge in [0.25, 0.3) is 0 Å². The van der Waals surface area contributed by atoms with E-state index in [-0.39, 0.29) is 17.1 Å². The molecule has 1 N–H and O–H groups in total. The molecule has 2 aromatic rings. The number of halogens is 1. The smallest absolute Gasteiger partial charge is 0.238 e. The Hall–Kier alpha value is -2.59. The first kappa shape index (κ1) is 19.2. The van der Waals surface area contributed by atoms with Gasteiger partial charge in [0.05, 0.1) is 17.1 Å².